The number of aliphatic hydroxyl groups excluding tert-OH is 1. The van der Waals surface area contributed by atoms with Crippen molar-refractivity contribution in [1.82, 2.24) is 0 Å². The largest absolute Gasteiger partial charge is 0.395 e. The molecule has 21 heavy (non-hydrogen) atoms. The van der Waals surface area contributed by atoms with Gasteiger partial charge in [0.15, 0.2) is 0 Å². The molecule has 0 saturated carbocycles. The Kier molecular flexibility index (Phi) is 4.65. The zero-order chi connectivity index (χ0) is 15.5. The van der Waals surface area contributed by atoms with E-state index in [1.807, 2.05) is 0 Å². The second-order valence-electron chi connectivity index (χ2n) is 5.11. The standard InChI is InChI=1S/C16H16F3NO/c17-13-3-1-2-11(4-13)8-16(9-20,10-21)12-5-14(18)7-15(19)6-12/h1-7,21H,8-10,20H2. The van der Waals surface area contributed by atoms with E-state index >= 15 is 0 Å². The number of hydrogen-bond donors (Lipinski definition) is 2. The Morgan fingerprint density at radius 3 is 2.14 bits per heavy atom. The van der Waals surface area contributed by atoms with Gasteiger partial charge in [-0.2, -0.15) is 0 Å². The predicted molar refractivity (Wildman–Crippen MR) is 74.3 cm³/mol. The van der Waals surface area contributed by atoms with Crippen molar-refractivity contribution in [2.24, 2.45) is 5.73 Å². The van der Waals surface area contributed by atoms with Crippen LogP contribution in [0, 0.1) is 17.5 Å². The summed E-state index contributed by atoms with van der Waals surface area (Å²) in [5.41, 5.74) is 5.53. The average molecular weight is 295 g/mol. The molecule has 2 rings (SSSR count). The van der Waals surface area contributed by atoms with Crippen LogP contribution in [0.1, 0.15) is 11.1 Å². The molecule has 0 amide bonds. The summed E-state index contributed by atoms with van der Waals surface area (Å²) in [6, 6.07) is 8.87. The molecular weight excluding hydrogens is 279 g/mol. The molecular formula is C16H16F3NO. The van der Waals surface area contributed by atoms with Gasteiger partial charge >= 0.3 is 0 Å². The molecule has 0 aliphatic rings. The van der Waals surface area contributed by atoms with Crippen LogP contribution >= 0.6 is 0 Å². The van der Waals surface area contributed by atoms with Crippen LogP contribution in [-0.4, -0.2) is 18.3 Å². The molecule has 1 atom stereocenters. The van der Waals surface area contributed by atoms with Crippen molar-refractivity contribution in [3.63, 3.8) is 0 Å². The first-order chi connectivity index (χ1) is 9.99. The second-order valence-corrected chi connectivity index (χ2v) is 5.11. The van der Waals surface area contributed by atoms with Gasteiger partial charge in [-0.25, -0.2) is 13.2 Å². The molecule has 0 spiro atoms. The van der Waals surface area contributed by atoms with Crippen LogP contribution in [0.3, 0.4) is 0 Å². The summed E-state index contributed by atoms with van der Waals surface area (Å²) in [7, 11) is 0. The van der Waals surface area contributed by atoms with Gasteiger partial charge in [-0.05, 0) is 41.8 Å². The highest BCUT2D eigenvalue weighted by molar-refractivity contribution is 5.31. The molecule has 0 aromatic heterocycles. The third kappa shape index (κ3) is 3.43. The molecule has 0 heterocycles. The van der Waals surface area contributed by atoms with Gasteiger partial charge < -0.3 is 10.8 Å². The number of halogens is 3. The lowest BCUT2D eigenvalue weighted by Gasteiger charge is -2.31. The first-order valence-electron chi connectivity index (χ1n) is 6.51. The van der Waals surface area contributed by atoms with E-state index in [-0.39, 0.29) is 18.5 Å². The predicted octanol–water partition coefficient (Wildman–Crippen LogP) is 2.54. The maximum Gasteiger partial charge on any atom is 0.126 e. The van der Waals surface area contributed by atoms with Crippen LogP contribution in [0.4, 0.5) is 13.2 Å². The Morgan fingerprint density at radius 1 is 0.952 bits per heavy atom. The van der Waals surface area contributed by atoms with Crippen molar-refractivity contribution < 1.29 is 18.3 Å². The van der Waals surface area contributed by atoms with Gasteiger partial charge in [0.05, 0.1) is 6.61 Å². The van der Waals surface area contributed by atoms with E-state index < -0.39 is 29.5 Å². The van der Waals surface area contributed by atoms with Gasteiger partial charge in [-0.1, -0.05) is 12.1 Å². The molecule has 1 unspecified atom stereocenters. The van der Waals surface area contributed by atoms with E-state index in [9.17, 15) is 18.3 Å². The van der Waals surface area contributed by atoms with E-state index in [0.717, 1.165) is 18.2 Å². The minimum Gasteiger partial charge on any atom is -0.395 e. The van der Waals surface area contributed by atoms with Crippen LogP contribution in [-0.2, 0) is 11.8 Å². The second kappa shape index (κ2) is 6.28. The molecule has 5 heteroatoms. The normalized spacial score (nSPS) is 14.0. The van der Waals surface area contributed by atoms with Gasteiger partial charge in [-0.15, -0.1) is 0 Å². The van der Waals surface area contributed by atoms with Crippen molar-refractivity contribution in [1.29, 1.82) is 0 Å². The number of benzene rings is 2. The van der Waals surface area contributed by atoms with Crippen molar-refractivity contribution in [2.75, 3.05) is 13.2 Å². The number of nitrogens with two attached hydrogens (primary N) is 1. The highest BCUT2D eigenvalue weighted by atomic mass is 19.1. The zero-order valence-electron chi connectivity index (χ0n) is 11.3. The van der Waals surface area contributed by atoms with E-state index in [4.69, 9.17) is 5.73 Å². The molecule has 0 radical (unpaired) electrons. The fourth-order valence-electron chi connectivity index (χ4n) is 2.40. The molecule has 2 aromatic rings. The average Bonchev–Trinajstić information content (AvgIpc) is 2.44. The summed E-state index contributed by atoms with van der Waals surface area (Å²) in [6.45, 7) is -0.425. The number of aliphatic hydroxyl groups is 1. The van der Waals surface area contributed by atoms with E-state index in [1.54, 1.807) is 6.07 Å². The third-order valence-corrected chi connectivity index (χ3v) is 3.60. The van der Waals surface area contributed by atoms with Gasteiger partial charge in [0.2, 0.25) is 0 Å². The Balaban J connectivity index is 2.44. The lowest BCUT2D eigenvalue weighted by atomic mass is 9.76. The molecule has 112 valence electrons. The van der Waals surface area contributed by atoms with Crippen LogP contribution in [0.2, 0.25) is 0 Å². The summed E-state index contributed by atoms with van der Waals surface area (Å²) in [6.07, 6.45) is 0.181. The monoisotopic (exact) mass is 295 g/mol. The maximum atomic E-state index is 13.4. The molecule has 0 fully saturated rings. The first kappa shape index (κ1) is 15.5. The highest BCUT2D eigenvalue weighted by Gasteiger charge is 2.31. The molecule has 0 aliphatic heterocycles. The van der Waals surface area contributed by atoms with Gasteiger partial charge in [0.1, 0.15) is 17.5 Å². The van der Waals surface area contributed by atoms with E-state index in [0.29, 0.717) is 5.56 Å². The lowest BCUT2D eigenvalue weighted by molar-refractivity contribution is 0.195. The molecule has 2 nitrogen and oxygen atoms in total. The van der Waals surface area contributed by atoms with Crippen LogP contribution in [0.5, 0.6) is 0 Å². The summed E-state index contributed by atoms with van der Waals surface area (Å²) in [5, 5.41) is 9.72. The molecule has 2 aromatic carbocycles. The summed E-state index contributed by atoms with van der Waals surface area (Å²) in [5.74, 6) is -1.90. The minimum absolute atomic E-state index is 0.0249. The number of rotatable bonds is 5. The Morgan fingerprint density at radius 2 is 1.62 bits per heavy atom. The van der Waals surface area contributed by atoms with E-state index in [2.05, 4.69) is 0 Å². The van der Waals surface area contributed by atoms with Crippen LogP contribution < -0.4 is 5.73 Å². The summed E-state index contributed by atoms with van der Waals surface area (Å²) < 4.78 is 40.1. The van der Waals surface area contributed by atoms with Gasteiger partial charge in [0, 0.05) is 18.0 Å². The Bertz CT molecular complexity index is 606. The smallest absolute Gasteiger partial charge is 0.126 e. The lowest BCUT2D eigenvalue weighted by Crippen LogP contribution is -2.41. The molecule has 0 bridgehead atoms. The Hall–Kier alpha value is -1.85. The van der Waals surface area contributed by atoms with Gasteiger partial charge in [-0.3, -0.25) is 0 Å². The van der Waals surface area contributed by atoms with Crippen LogP contribution in [0.15, 0.2) is 42.5 Å². The van der Waals surface area contributed by atoms with Crippen molar-refractivity contribution in [3.05, 3.63) is 71.0 Å². The Labute approximate surface area is 121 Å². The van der Waals surface area contributed by atoms with E-state index in [1.165, 1.54) is 18.2 Å². The highest BCUT2D eigenvalue weighted by Crippen LogP contribution is 2.29. The quantitative estimate of drug-likeness (QED) is 0.890. The van der Waals surface area contributed by atoms with Crippen molar-refractivity contribution >= 4 is 0 Å². The molecule has 0 saturated heterocycles. The molecule has 3 N–H and O–H groups in total. The minimum atomic E-state index is -1.06. The fourth-order valence-corrected chi connectivity index (χ4v) is 2.40. The summed E-state index contributed by atoms with van der Waals surface area (Å²) >= 11 is 0. The van der Waals surface area contributed by atoms with Gasteiger partial charge in [0.25, 0.3) is 0 Å². The fraction of sp³-hybridized carbons (Fsp3) is 0.250. The zero-order valence-corrected chi connectivity index (χ0v) is 11.3. The van der Waals surface area contributed by atoms with Crippen molar-refractivity contribution in [2.45, 2.75) is 11.8 Å². The SMILES string of the molecule is NCC(CO)(Cc1cccc(F)c1)c1cc(F)cc(F)c1. The maximum absolute atomic E-state index is 13.4. The summed E-state index contributed by atoms with van der Waals surface area (Å²) in [4.78, 5) is 0. The van der Waals surface area contributed by atoms with Crippen molar-refractivity contribution in [3.8, 4) is 0 Å². The number of hydrogen-bond acceptors (Lipinski definition) is 2. The molecule has 0 aliphatic carbocycles. The topological polar surface area (TPSA) is 46.2 Å². The first-order valence-corrected chi connectivity index (χ1v) is 6.51. The third-order valence-electron chi connectivity index (χ3n) is 3.60. The van der Waals surface area contributed by atoms with Crippen LogP contribution in [0.25, 0.3) is 0 Å².